The number of hydrogen-bond acceptors (Lipinski definition) is 6. The fourth-order valence-corrected chi connectivity index (χ4v) is 4.45. The van der Waals surface area contributed by atoms with Crippen LogP contribution in [-0.2, 0) is 9.53 Å². The van der Waals surface area contributed by atoms with Gasteiger partial charge in [-0.3, -0.25) is 9.69 Å². The molecule has 3 aromatic carbocycles. The number of piperazine rings is 1. The van der Waals surface area contributed by atoms with E-state index in [0.717, 1.165) is 0 Å². The zero-order valence-electron chi connectivity index (χ0n) is 20.8. The number of nitrogens with zero attached hydrogens (tertiary/aromatic N) is 3. The van der Waals surface area contributed by atoms with Crippen LogP contribution in [-0.4, -0.2) is 54.5 Å². The normalized spacial score (nSPS) is 14.2. The van der Waals surface area contributed by atoms with E-state index in [2.05, 4.69) is 34.5 Å². The van der Waals surface area contributed by atoms with Gasteiger partial charge < -0.3 is 15.0 Å². The highest BCUT2D eigenvalue weighted by molar-refractivity contribution is 5.97. The summed E-state index contributed by atoms with van der Waals surface area (Å²) >= 11 is 0. The molecule has 0 saturated carbocycles. The van der Waals surface area contributed by atoms with Crippen LogP contribution in [0.2, 0.25) is 0 Å². The number of benzene rings is 3. The first-order chi connectivity index (χ1) is 18.1. The number of nitrogens with one attached hydrogen (secondary N) is 1. The van der Waals surface area contributed by atoms with E-state index in [-0.39, 0.29) is 17.5 Å². The van der Waals surface area contributed by atoms with Crippen molar-refractivity contribution >= 4 is 17.6 Å². The van der Waals surface area contributed by atoms with Gasteiger partial charge in [0.15, 0.2) is 0 Å². The first-order valence-corrected chi connectivity index (χ1v) is 12.4. The largest absolute Gasteiger partial charge is 0.462 e. The second-order valence-electron chi connectivity index (χ2n) is 8.66. The molecule has 1 saturated heterocycles. The summed E-state index contributed by atoms with van der Waals surface area (Å²) < 4.78 is 4.99. The van der Waals surface area contributed by atoms with Crippen LogP contribution >= 0.6 is 0 Å². The van der Waals surface area contributed by atoms with Gasteiger partial charge in [-0.2, -0.15) is 5.26 Å². The third-order valence-electron chi connectivity index (χ3n) is 6.33. The van der Waals surface area contributed by atoms with Crippen LogP contribution in [0.5, 0.6) is 0 Å². The van der Waals surface area contributed by atoms with Crippen LogP contribution in [0, 0.1) is 11.3 Å². The maximum Gasteiger partial charge on any atom is 0.338 e. The Balaban J connectivity index is 1.40. The molecule has 1 aliphatic rings. The molecule has 4 rings (SSSR count). The average Bonchev–Trinajstić information content (AvgIpc) is 2.95. The van der Waals surface area contributed by atoms with E-state index in [4.69, 9.17) is 4.74 Å². The number of nitriles is 1. The first-order valence-electron chi connectivity index (χ1n) is 12.4. The number of rotatable bonds is 8. The van der Waals surface area contributed by atoms with Crippen LogP contribution in [0.25, 0.3) is 0 Å². The lowest BCUT2D eigenvalue weighted by Gasteiger charge is -2.39. The predicted octanol–water partition coefficient (Wildman–Crippen LogP) is 4.62. The van der Waals surface area contributed by atoms with Crippen molar-refractivity contribution < 1.29 is 14.3 Å². The SMILES string of the molecule is CCOC(=O)c1ccc(N/C=C(/C#N)C(=O)N2CCN(C(c3ccccc3)c3ccccc3)CC2)cc1. The molecule has 1 aliphatic heterocycles. The summed E-state index contributed by atoms with van der Waals surface area (Å²) in [5.74, 6) is -0.688. The van der Waals surface area contributed by atoms with E-state index in [0.29, 0.717) is 44.0 Å². The van der Waals surface area contributed by atoms with E-state index in [9.17, 15) is 14.9 Å². The summed E-state index contributed by atoms with van der Waals surface area (Å²) in [6, 6.07) is 29.6. The molecule has 3 aromatic rings. The fraction of sp³-hybridized carbons (Fsp3) is 0.233. The zero-order valence-corrected chi connectivity index (χ0v) is 20.8. The summed E-state index contributed by atoms with van der Waals surface area (Å²) in [5.41, 5.74) is 3.56. The molecule has 1 fully saturated rings. The molecule has 0 radical (unpaired) electrons. The summed E-state index contributed by atoms with van der Waals surface area (Å²) in [6.45, 7) is 4.51. The molecule has 7 nitrogen and oxygen atoms in total. The van der Waals surface area contributed by atoms with E-state index in [1.807, 2.05) is 42.5 Å². The fourth-order valence-electron chi connectivity index (χ4n) is 4.45. The monoisotopic (exact) mass is 494 g/mol. The molecule has 0 aromatic heterocycles. The predicted molar refractivity (Wildman–Crippen MR) is 143 cm³/mol. The highest BCUT2D eigenvalue weighted by Crippen LogP contribution is 2.29. The van der Waals surface area contributed by atoms with Crippen LogP contribution in [0.1, 0.15) is 34.5 Å². The maximum absolute atomic E-state index is 13.1. The lowest BCUT2D eigenvalue weighted by Crippen LogP contribution is -2.50. The van der Waals surface area contributed by atoms with Gasteiger partial charge in [0.05, 0.1) is 18.2 Å². The molecule has 0 bridgehead atoms. The summed E-state index contributed by atoms with van der Waals surface area (Å²) in [4.78, 5) is 29.0. The Morgan fingerprint density at radius 1 is 0.919 bits per heavy atom. The molecule has 1 N–H and O–H groups in total. The molecule has 37 heavy (non-hydrogen) atoms. The summed E-state index contributed by atoms with van der Waals surface area (Å²) in [5, 5.41) is 12.6. The Morgan fingerprint density at radius 3 is 2.00 bits per heavy atom. The Labute approximate surface area is 217 Å². The number of esters is 1. The second kappa shape index (κ2) is 12.5. The van der Waals surface area contributed by atoms with E-state index in [1.165, 1.54) is 17.3 Å². The number of carbonyl (C=O) groups excluding carboxylic acids is 2. The Morgan fingerprint density at radius 2 is 1.49 bits per heavy atom. The highest BCUT2D eigenvalue weighted by atomic mass is 16.5. The smallest absolute Gasteiger partial charge is 0.338 e. The topological polar surface area (TPSA) is 85.7 Å². The molecular weight excluding hydrogens is 464 g/mol. The summed E-state index contributed by atoms with van der Waals surface area (Å²) in [7, 11) is 0. The van der Waals surface area contributed by atoms with Crippen LogP contribution < -0.4 is 5.32 Å². The van der Waals surface area contributed by atoms with Crippen molar-refractivity contribution in [2.75, 3.05) is 38.1 Å². The number of hydrogen-bond donors (Lipinski definition) is 1. The maximum atomic E-state index is 13.1. The van der Waals surface area contributed by atoms with Crippen molar-refractivity contribution in [1.82, 2.24) is 9.80 Å². The minimum Gasteiger partial charge on any atom is -0.462 e. The van der Waals surface area contributed by atoms with Crippen molar-refractivity contribution in [3.63, 3.8) is 0 Å². The molecule has 0 unspecified atom stereocenters. The molecule has 0 aliphatic carbocycles. The third kappa shape index (κ3) is 6.43. The molecule has 1 heterocycles. The van der Waals surface area contributed by atoms with E-state index >= 15 is 0 Å². The van der Waals surface area contributed by atoms with Gasteiger partial charge >= 0.3 is 5.97 Å². The van der Waals surface area contributed by atoms with Crippen molar-refractivity contribution in [1.29, 1.82) is 5.26 Å². The number of amides is 1. The quantitative estimate of drug-likeness (QED) is 0.280. The van der Waals surface area contributed by atoms with Crippen LogP contribution in [0.15, 0.2) is 96.7 Å². The lowest BCUT2D eigenvalue weighted by atomic mass is 9.96. The first kappa shape index (κ1) is 25.7. The average molecular weight is 495 g/mol. The van der Waals surface area contributed by atoms with E-state index < -0.39 is 5.97 Å². The van der Waals surface area contributed by atoms with Crippen molar-refractivity contribution in [3.8, 4) is 6.07 Å². The highest BCUT2D eigenvalue weighted by Gasteiger charge is 2.29. The summed E-state index contributed by atoms with van der Waals surface area (Å²) in [6.07, 6.45) is 1.42. The Bertz CT molecular complexity index is 1220. The Hall–Kier alpha value is -4.41. The van der Waals surface area contributed by atoms with Gasteiger partial charge in [0.25, 0.3) is 5.91 Å². The number of carbonyl (C=O) groups is 2. The third-order valence-corrected chi connectivity index (χ3v) is 6.33. The second-order valence-corrected chi connectivity index (χ2v) is 8.66. The standard InChI is InChI=1S/C30H30N4O3/c1-2-37-30(36)25-13-15-27(16-14-25)32-22-26(21-31)29(35)34-19-17-33(18-20-34)28(23-9-5-3-6-10-23)24-11-7-4-8-12-24/h3-16,22,28,32H,2,17-20H2,1H3/b26-22-. The Kier molecular flexibility index (Phi) is 8.69. The lowest BCUT2D eigenvalue weighted by molar-refractivity contribution is -0.128. The van der Waals surface area contributed by atoms with Gasteiger partial charge in [0.1, 0.15) is 11.6 Å². The van der Waals surface area contributed by atoms with E-state index in [1.54, 1.807) is 36.1 Å². The van der Waals surface area contributed by atoms with Gasteiger partial charge in [-0.05, 0) is 42.3 Å². The minimum atomic E-state index is -0.390. The number of ether oxygens (including phenoxy) is 1. The van der Waals surface area contributed by atoms with Crippen molar-refractivity contribution in [3.05, 3.63) is 113 Å². The molecule has 1 amide bonds. The minimum absolute atomic E-state index is 0.0330. The number of anilines is 1. The molecule has 0 atom stereocenters. The van der Waals surface area contributed by atoms with Crippen LogP contribution in [0.4, 0.5) is 5.69 Å². The zero-order chi connectivity index (χ0) is 26.0. The van der Waals surface area contributed by atoms with Gasteiger partial charge in [0, 0.05) is 38.1 Å². The van der Waals surface area contributed by atoms with Gasteiger partial charge in [-0.15, -0.1) is 0 Å². The van der Waals surface area contributed by atoms with Crippen molar-refractivity contribution in [2.45, 2.75) is 13.0 Å². The van der Waals surface area contributed by atoms with Gasteiger partial charge in [-0.25, -0.2) is 4.79 Å². The van der Waals surface area contributed by atoms with Crippen molar-refractivity contribution in [2.24, 2.45) is 0 Å². The van der Waals surface area contributed by atoms with Gasteiger partial charge in [0.2, 0.25) is 0 Å². The molecule has 7 heteroatoms. The van der Waals surface area contributed by atoms with Crippen LogP contribution in [0.3, 0.4) is 0 Å². The molecule has 0 spiro atoms. The molecular formula is C30H30N4O3. The molecule has 188 valence electrons. The van der Waals surface area contributed by atoms with Gasteiger partial charge in [-0.1, -0.05) is 60.7 Å².